The van der Waals surface area contributed by atoms with E-state index in [-0.39, 0.29) is 11.9 Å². The first-order valence-corrected chi connectivity index (χ1v) is 7.59. The standard InChI is InChI=1S/C16H23N3O2/c1-2-7-15(20)18-10-6-11-19(13-12-18)16(21)17-14-8-4-3-5-9-14/h3-5,8-9H,2,6-7,10-13H2,1H3,(H,17,21). The van der Waals surface area contributed by atoms with Gasteiger partial charge < -0.3 is 15.1 Å². The van der Waals surface area contributed by atoms with E-state index in [4.69, 9.17) is 0 Å². The van der Waals surface area contributed by atoms with E-state index in [1.54, 1.807) is 4.90 Å². The SMILES string of the molecule is CCCC(=O)N1CCCN(C(=O)Nc2ccccc2)CC1. The molecule has 1 N–H and O–H groups in total. The van der Waals surface area contributed by atoms with E-state index in [9.17, 15) is 9.59 Å². The molecular formula is C16H23N3O2. The first-order valence-electron chi connectivity index (χ1n) is 7.59. The van der Waals surface area contributed by atoms with Crippen molar-refractivity contribution in [1.29, 1.82) is 0 Å². The molecule has 0 saturated carbocycles. The minimum atomic E-state index is -0.0917. The lowest BCUT2D eigenvalue weighted by Crippen LogP contribution is -2.39. The second-order valence-corrected chi connectivity index (χ2v) is 5.27. The van der Waals surface area contributed by atoms with Crippen LogP contribution in [0, 0.1) is 0 Å². The van der Waals surface area contributed by atoms with E-state index in [0.29, 0.717) is 26.1 Å². The lowest BCUT2D eigenvalue weighted by molar-refractivity contribution is -0.131. The van der Waals surface area contributed by atoms with Gasteiger partial charge in [0, 0.05) is 38.3 Å². The Kier molecular flexibility index (Phi) is 5.60. The Balaban J connectivity index is 1.87. The number of nitrogens with one attached hydrogen (secondary N) is 1. The smallest absolute Gasteiger partial charge is 0.321 e. The van der Waals surface area contributed by atoms with Crippen molar-refractivity contribution in [1.82, 2.24) is 9.80 Å². The van der Waals surface area contributed by atoms with Crippen molar-refractivity contribution in [3.8, 4) is 0 Å². The molecule has 0 unspecified atom stereocenters. The monoisotopic (exact) mass is 289 g/mol. The van der Waals surface area contributed by atoms with Crippen molar-refractivity contribution < 1.29 is 9.59 Å². The summed E-state index contributed by atoms with van der Waals surface area (Å²) in [6.45, 7) is 4.66. The molecular weight excluding hydrogens is 266 g/mol. The number of benzene rings is 1. The van der Waals surface area contributed by atoms with Crippen LogP contribution in [-0.2, 0) is 4.79 Å². The quantitative estimate of drug-likeness (QED) is 0.929. The topological polar surface area (TPSA) is 52.7 Å². The molecule has 0 aliphatic carbocycles. The highest BCUT2D eigenvalue weighted by Crippen LogP contribution is 2.10. The van der Waals surface area contributed by atoms with Gasteiger partial charge in [-0.05, 0) is 25.0 Å². The number of para-hydroxylation sites is 1. The molecule has 1 fully saturated rings. The molecule has 0 radical (unpaired) electrons. The minimum absolute atomic E-state index is 0.0917. The average molecular weight is 289 g/mol. The molecule has 1 aromatic rings. The fourth-order valence-corrected chi connectivity index (χ4v) is 2.47. The predicted molar refractivity (Wildman–Crippen MR) is 83.1 cm³/mol. The summed E-state index contributed by atoms with van der Waals surface area (Å²) in [7, 11) is 0. The molecule has 1 aromatic carbocycles. The summed E-state index contributed by atoms with van der Waals surface area (Å²) in [5.41, 5.74) is 0.797. The number of amides is 3. The summed E-state index contributed by atoms with van der Waals surface area (Å²) in [5.74, 6) is 0.197. The van der Waals surface area contributed by atoms with Crippen molar-refractivity contribution in [2.24, 2.45) is 0 Å². The minimum Gasteiger partial charge on any atom is -0.341 e. The summed E-state index contributed by atoms with van der Waals surface area (Å²) in [5, 5.41) is 2.89. The van der Waals surface area contributed by atoms with E-state index in [0.717, 1.165) is 25.1 Å². The molecule has 2 rings (SSSR count). The van der Waals surface area contributed by atoms with Gasteiger partial charge in [-0.1, -0.05) is 25.1 Å². The molecule has 0 atom stereocenters. The summed E-state index contributed by atoms with van der Waals surface area (Å²) >= 11 is 0. The highest BCUT2D eigenvalue weighted by molar-refractivity contribution is 5.89. The maximum Gasteiger partial charge on any atom is 0.321 e. The van der Waals surface area contributed by atoms with E-state index >= 15 is 0 Å². The Morgan fingerprint density at radius 3 is 2.43 bits per heavy atom. The molecule has 1 heterocycles. The van der Waals surface area contributed by atoms with Crippen molar-refractivity contribution >= 4 is 17.6 Å². The molecule has 3 amide bonds. The van der Waals surface area contributed by atoms with Crippen molar-refractivity contribution in [3.05, 3.63) is 30.3 Å². The third-order valence-electron chi connectivity index (χ3n) is 3.62. The van der Waals surface area contributed by atoms with Gasteiger partial charge in [0.25, 0.3) is 0 Å². The zero-order chi connectivity index (χ0) is 15.1. The summed E-state index contributed by atoms with van der Waals surface area (Å²) in [6.07, 6.45) is 2.29. The molecule has 114 valence electrons. The summed E-state index contributed by atoms with van der Waals surface area (Å²) < 4.78 is 0. The highest BCUT2D eigenvalue weighted by Gasteiger charge is 2.21. The molecule has 5 heteroatoms. The molecule has 0 aromatic heterocycles. The zero-order valence-corrected chi connectivity index (χ0v) is 12.5. The van der Waals surface area contributed by atoms with Crippen LogP contribution in [0.5, 0.6) is 0 Å². The fraction of sp³-hybridized carbons (Fsp3) is 0.500. The fourth-order valence-electron chi connectivity index (χ4n) is 2.47. The number of nitrogens with zero attached hydrogens (tertiary/aromatic N) is 2. The lowest BCUT2D eigenvalue weighted by atomic mass is 10.3. The second-order valence-electron chi connectivity index (χ2n) is 5.27. The Morgan fingerprint density at radius 2 is 1.71 bits per heavy atom. The van der Waals surface area contributed by atoms with Gasteiger partial charge in [0.15, 0.2) is 0 Å². The number of anilines is 1. The number of urea groups is 1. The Bertz CT molecular complexity index is 476. The third-order valence-corrected chi connectivity index (χ3v) is 3.62. The normalized spacial score (nSPS) is 15.5. The number of hydrogen-bond acceptors (Lipinski definition) is 2. The van der Waals surface area contributed by atoms with Gasteiger partial charge in [0.2, 0.25) is 5.91 Å². The number of carbonyl (C=O) groups excluding carboxylic acids is 2. The van der Waals surface area contributed by atoms with E-state index in [2.05, 4.69) is 5.32 Å². The molecule has 0 bridgehead atoms. The Labute approximate surface area is 125 Å². The van der Waals surface area contributed by atoms with Crippen LogP contribution in [0.2, 0.25) is 0 Å². The van der Waals surface area contributed by atoms with Crippen LogP contribution in [0.4, 0.5) is 10.5 Å². The van der Waals surface area contributed by atoms with Gasteiger partial charge in [-0.3, -0.25) is 4.79 Å². The third kappa shape index (κ3) is 4.48. The molecule has 0 spiro atoms. The van der Waals surface area contributed by atoms with Gasteiger partial charge in [0.1, 0.15) is 0 Å². The summed E-state index contributed by atoms with van der Waals surface area (Å²) in [6, 6.07) is 9.34. The first kappa shape index (κ1) is 15.4. The number of hydrogen-bond donors (Lipinski definition) is 1. The maximum atomic E-state index is 12.2. The van der Waals surface area contributed by atoms with Gasteiger partial charge in [-0.15, -0.1) is 0 Å². The number of rotatable bonds is 3. The van der Waals surface area contributed by atoms with Crippen LogP contribution < -0.4 is 5.32 Å². The van der Waals surface area contributed by atoms with Crippen LogP contribution in [0.3, 0.4) is 0 Å². The molecule has 21 heavy (non-hydrogen) atoms. The highest BCUT2D eigenvalue weighted by atomic mass is 16.2. The van der Waals surface area contributed by atoms with Crippen LogP contribution in [0.15, 0.2) is 30.3 Å². The van der Waals surface area contributed by atoms with E-state index in [1.807, 2.05) is 42.2 Å². The summed E-state index contributed by atoms with van der Waals surface area (Å²) in [4.78, 5) is 27.8. The van der Waals surface area contributed by atoms with E-state index < -0.39 is 0 Å². The van der Waals surface area contributed by atoms with Gasteiger partial charge in [-0.2, -0.15) is 0 Å². The number of carbonyl (C=O) groups is 2. The van der Waals surface area contributed by atoms with Crippen LogP contribution in [-0.4, -0.2) is 47.9 Å². The zero-order valence-electron chi connectivity index (χ0n) is 12.5. The van der Waals surface area contributed by atoms with Crippen molar-refractivity contribution in [2.45, 2.75) is 26.2 Å². The van der Waals surface area contributed by atoms with Crippen LogP contribution in [0.25, 0.3) is 0 Å². The van der Waals surface area contributed by atoms with E-state index in [1.165, 1.54) is 0 Å². The molecule has 1 saturated heterocycles. The largest absolute Gasteiger partial charge is 0.341 e. The first-order chi connectivity index (χ1) is 10.2. The predicted octanol–water partition coefficient (Wildman–Crippen LogP) is 2.55. The van der Waals surface area contributed by atoms with Crippen molar-refractivity contribution in [3.63, 3.8) is 0 Å². The lowest BCUT2D eigenvalue weighted by Gasteiger charge is -2.22. The molecule has 1 aliphatic heterocycles. The maximum absolute atomic E-state index is 12.2. The second kappa shape index (κ2) is 7.67. The molecule has 1 aliphatic rings. The Hall–Kier alpha value is -2.04. The van der Waals surface area contributed by atoms with Crippen LogP contribution in [0.1, 0.15) is 26.2 Å². The van der Waals surface area contributed by atoms with Crippen molar-refractivity contribution in [2.75, 3.05) is 31.5 Å². The molecule has 5 nitrogen and oxygen atoms in total. The average Bonchev–Trinajstić information content (AvgIpc) is 2.74. The van der Waals surface area contributed by atoms with Crippen LogP contribution >= 0.6 is 0 Å². The van der Waals surface area contributed by atoms with Gasteiger partial charge in [0.05, 0.1) is 0 Å². The Morgan fingerprint density at radius 1 is 1.05 bits per heavy atom. The van der Waals surface area contributed by atoms with Gasteiger partial charge in [-0.25, -0.2) is 4.79 Å². The van der Waals surface area contributed by atoms with Gasteiger partial charge >= 0.3 is 6.03 Å².